The fourth-order valence-electron chi connectivity index (χ4n) is 1.44. The highest BCUT2D eigenvalue weighted by molar-refractivity contribution is 5.75. The molecule has 1 atom stereocenters. The summed E-state index contributed by atoms with van der Waals surface area (Å²) in [6.07, 6.45) is 2.05. The number of ether oxygens (including phenoxy) is 1. The zero-order chi connectivity index (χ0) is 14.9. The van der Waals surface area contributed by atoms with Crippen molar-refractivity contribution in [3.05, 3.63) is 35.9 Å². The number of hydrogen-bond acceptors (Lipinski definition) is 2. The number of esters is 1. The van der Waals surface area contributed by atoms with Crippen LogP contribution in [0.15, 0.2) is 30.3 Å². The van der Waals surface area contributed by atoms with Crippen LogP contribution in [0.25, 0.3) is 0 Å². The van der Waals surface area contributed by atoms with Crippen LogP contribution in [-0.4, -0.2) is 13.1 Å². The molecular weight excluding hydrogens is 236 g/mol. The summed E-state index contributed by atoms with van der Waals surface area (Å²) in [5.41, 5.74) is 1.14. The fraction of sp³-hybridized carbons (Fsp3) is 0.588. The highest BCUT2D eigenvalue weighted by atomic mass is 16.5. The van der Waals surface area contributed by atoms with Crippen LogP contribution < -0.4 is 0 Å². The van der Waals surface area contributed by atoms with E-state index in [1.165, 1.54) is 19.1 Å². The van der Waals surface area contributed by atoms with Crippen molar-refractivity contribution >= 4 is 5.97 Å². The summed E-state index contributed by atoms with van der Waals surface area (Å²) in [6.45, 7) is 10.2. The summed E-state index contributed by atoms with van der Waals surface area (Å²) in [6, 6.07) is 10.6. The summed E-state index contributed by atoms with van der Waals surface area (Å²) >= 11 is 0. The van der Waals surface area contributed by atoms with Gasteiger partial charge in [0, 0.05) is 0 Å². The lowest BCUT2D eigenvalue weighted by molar-refractivity contribution is -0.150. The van der Waals surface area contributed by atoms with Crippen molar-refractivity contribution in [3.8, 4) is 0 Å². The first-order valence-electron chi connectivity index (χ1n) is 7.02. The van der Waals surface area contributed by atoms with Crippen LogP contribution in [0.4, 0.5) is 0 Å². The van der Waals surface area contributed by atoms with Crippen LogP contribution in [0, 0.1) is 5.41 Å². The van der Waals surface area contributed by atoms with E-state index in [4.69, 9.17) is 0 Å². The monoisotopic (exact) mass is 264 g/mol. The number of benzene rings is 1. The molecule has 0 spiro atoms. The minimum Gasteiger partial charge on any atom is -0.469 e. The molecule has 2 heteroatoms. The molecule has 1 rings (SSSR count). The van der Waals surface area contributed by atoms with Gasteiger partial charge in [-0.15, -0.1) is 0 Å². The molecule has 1 aromatic carbocycles. The molecule has 0 saturated carbocycles. The fourth-order valence-corrected chi connectivity index (χ4v) is 1.44. The number of carbonyl (C=O) groups is 1. The predicted molar refractivity (Wildman–Crippen MR) is 81.2 cm³/mol. The van der Waals surface area contributed by atoms with Gasteiger partial charge in [0.05, 0.1) is 12.5 Å². The van der Waals surface area contributed by atoms with Crippen LogP contribution in [0.2, 0.25) is 0 Å². The highest BCUT2D eigenvalue weighted by Gasteiger charge is 2.25. The average Bonchev–Trinajstić information content (AvgIpc) is 2.46. The Morgan fingerprint density at radius 2 is 1.74 bits per heavy atom. The van der Waals surface area contributed by atoms with Crippen LogP contribution >= 0.6 is 0 Å². The summed E-state index contributed by atoms with van der Waals surface area (Å²) in [5.74, 6) is 0.575. The van der Waals surface area contributed by atoms with Gasteiger partial charge >= 0.3 is 5.97 Å². The van der Waals surface area contributed by atoms with Gasteiger partial charge < -0.3 is 4.74 Å². The van der Waals surface area contributed by atoms with E-state index >= 15 is 0 Å². The number of methoxy groups -OCH3 is 1. The number of carbonyl (C=O) groups excluding carboxylic acids is 1. The Hall–Kier alpha value is -1.31. The maximum atomic E-state index is 10.8. The smallest absolute Gasteiger partial charge is 0.311 e. The van der Waals surface area contributed by atoms with Crippen LogP contribution in [0.3, 0.4) is 0 Å². The van der Waals surface area contributed by atoms with E-state index in [0.717, 1.165) is 6.42 Å². The number of hydrogen-bond donors (Lipinski definition) is 0. The maximum absolute atomic E-state index is 10.8. The van der Waals surface area contributed by atoms with E-state index in [9.17, 15) is 4.79 Å². The van der Waals surface area contributed by atoms with Gasteiger partial charge in [0.2, 0.25) is 0 Å². The molecule has 1 aromatic rings. The average molecular weight is 264 g/mol. The molecule has 0 saturated heterocycles. The first kappa shape index (κ1) is 17.7. The molecule has 0 aromatic heterocycles. The van der Waals surface area contributed by atoms with Crippen molar-refractivity contribution in [1.29, 1.82) is 0 Å². The van der Waals surface area contributed by atoms with Crippen LogP contribution in [0.5, 0.6) is 0 Å². The lowest BCUT2D eigenvalue weighted by atomic mass is 9.91. The quantitative estimate of drug-likeness (QED) is 0.730. The Morgan fingerprint density at radius 1 is 1.21 bits per heavy atom. The Bertz CT molecular complexity index is 355. The zero-order valence-corrected chi connectivity index (χ0v) is 13.2. The normalized spacial score (nSPS) is 12.1. The van der Waals surface area contributed by atoms with E-state index in [0.29, 0.717) is 5.92 Å². The van der Waals surface area contributed by atoms with Gasteiger partial charge in [-0.2, -0.15) is 0 Å². The van der Waals surface area contributed by atoms with Crippen molar-refractivity contribution < 1.29 is 9.53 Å². The summed E-state index contributed by atoms with van der Waals surface area (Å²) < 4.78 is 4.57. The molecule has 0 heterocycles. The third-order valence-electron chi connectivity index (χ3n) is 3.60. The highest BCUT2D eigenvalue weighted by Crippen LogP contribution is 2.20. The van der Waals surface area contributed by atoms with Crippen molar-refractivity contribution in [2.45, 2.75) is 53.4 Å². The Balaban J connectivity index is 0.000000344. The maximum Gasteiger partial charge on any atom is 0.311 e. The van der Waals surface area contributed by atoms with Gasteiger partial charge in [-0.3, -0.25) is 4.79 Å². The molecule has 0 radical (unpaired) electrons. The van der Waals surface area contributed by atoms with E-state index < -0.39 is 0 Å². The SMILES string of the molecule is CCC(C)(C)C(=O)OC.CCC(C)c1ccccc1. The predicted octanol–water partition coefficient (Wildman–Crippen LogP) is 4.80. The minimum absolute atomic E-state index is 0.134. The van der Waals surface area contributed by atoms with Crippen molar-refractivity contribution in [3.63, 3.8) is 0 Å². The van der Waals surface area contributed by atoms with Crippen molar-refractivity contribution in [2.75, 3.05) is 7.11 Å². The second-order valence-corrected chi connectivity index (χ2v) is 5.45. The zero-order valence-electron chi connectivity index (χ0n) is 13.2. The van der Waals surface area contributed by atoms with Crippen LogP contribution in [-0.2, 0) is 9.53 Å². The molecule has 0 aliphatic heterocycles. The molecule has 0 aliphatic rings. The topological polar surface area (TPSA) is 26.3 Å². The molecule has 0 aliphatic carbocycles. The molecular formula is C17H28O2. The standard InChI is InChI=1S/C10H14.C7H14O2/c1-3-9(2)10-7-5-4-6-8-10;1-5-7(2,3)6(8)9-4/h4-9H,3H2,1-2H3;5H2,1-4H3. The lowest BCUT2D eigenvalue weighted by Crippen LogP contribution is -2.24. The Kier molecular flexibility index (Phi) is 8.13. The molecule has 2 nitrogen and oxygen atoms in total. The lowest BCUT2D eigenvalue weighted by Gasteiger charge is -2.17. The largest absolute Gasteiger partial charge is 0.469 e. The molecule has 1 unspecified atom stereocenters. The first-order chi connectivity index (χ1) is 8.88. The van der Waals surface area contributed by atoms with Gasteiger partial charge in [-0.25, -0.2) is 0 Å². The Labute approximate surface area is 118 Å². The summed E-state index contributed by atoms with van der Waals surface area (Å²) in [5, 5.41) is 0. The van der Waals surface area contributed by atoms with E-state index in [1.54, 1.807) is 0 Å². The van der Waals surface area contributed by atoms with E-state index in [-0.39, 0.29) is 11.4 Å². The summed E-state index contributed by atoms with van der Waals surface area (Å²) in [7, 11) is 1.42. The van der Waals surface area contributed by atoms with Gasteiger partial charge in [0.25, 0.3) is 0 Å². The van der Waals surface area contributed by atoms with Gasteiger partial charge in [-0.05, 0) is 38.2 Å². The third-order valence-corrected chi connectivity index (χ3v) is 3.60. The van der Waals surface area contributed by atoms with Gasteiger partial charge in [-0.1, -0.05) is 51.1 Å². The summed E-state index contributed by atoms with van der Waals surface area (Å²) in [4.78, 5) is 10.8. The second-order valence-electron chi connectivity index (χ2n) is 5.45. The molecule has 108 valence electrons. The molecule has 19 heavy (non-hydrogen) atoms. The van der Waals surface area contributed by atoms with Crippen LogP contribution in [0.1, 0.15) is 58.9 Å². The number of rotatable bonds is 4. The van der Waals surface area contributed by atoms with Gasteiger partial charge in [0.15, 0.2) is 0 Å². The minimum atomic E-state index is -0.311. The van der Waals surface area contributed by atoms with Crippen molar-refractivity contribution in [2.24, 2.45) is 5.41 Å². The molecule has 0 N–H and O–H groups in total. The molecule has 0 fully saturated rings. The Morgan fingerprint density at radius 3 is 2.05 bits per heavy atom. The molecule has 0 amide bonds. The van der Waals surface area contributed by atoms with Gasteiger partial charge in [0.1, 0.15) is 0 Å². The third kappa shape index (κ3) is 6.42. The first-order valence-corrected chi connectivity index (χ1v) is 7.02. The van der Waals surface area contributed by atoms with E-state index in [2.05, 4.69) is 48.9 Å². The molecule has 0 bridgehead atoms. The van der Waals surface area contributed by atoms with Crippen molar-refractivity contribution in [1.82, 2.24) is 0 Å². The van der Waals surface area contributed by atoms with E-state index in [1.807, 2.05) is 20.8 Å². The second kappa shape index (κ2) is 8.73.